The molecule has 1 heterocycles. The minimum Gasteiger partial charge on any atom is -0.492 e. The fourth-order valence-electron chi connectivity index (χ4n) is 1.91. The summed E-state index contributed by atoms with van der Waals surface area (Å²) < 4.78 is 18.6. The van der Waals surface area contributed by atoms with Crippen molar-refractivity contribution in [1.29, 1.82) is 0 Å². The van der Waals surface area contributed by atoms with Crippen LogP contribution in [0, 0.1) is 18.7 Å². The Morgan fingerprint density at radius 1 is 1.42 bits per heavy atom. The van der Waals surface area contributed by atoms with E-state index in [-0.39, 0.29) is 17.6 Å². The van der Waals surface area contributed by atoms with Crippen molar-refractivity contribution in [2.45, 2.75) is 33.6 Å². The summed E-state index contributed by atoms with van der Waals surface area (Å²) in [6, 6.07) is 4.43. The Balaban J connectivity index is 0.000000861. The van der Waals surface area contributed by atoms with Crippen molar-refractivity contribution in [2.24, 2.45) is 5.92 Å². The number of aryl methyl sites for hydroxylation is 1. The highest BCUT2D eigenvalue weighted by atomic mass is 19.1. The number of rotatable bonds is 3. The van der Waals surface area contributed by atoms with Crippen LogP contribution in [-0.4, -0.2) is 19.1 Å². The fourth-order valence-corrected chi connectivity index (χ4v) is 1.91. The SMILES string of the molecule is CC.Cc1ccc(F)cc1OCC1CCCNC1=O. The summed E-state index contributed by atoms with van der Waals surface area (Å²) in [6.45, 7) is 6.92. The summed E-state index contributed by atoms with van der Waals surface area (Å²) in [7, 11) is 0. The maximum atomic E-state index is 13.0. The smallest absolute Gasteiger partial charge is 0.226 e. The van der Waals surface area contributed by atoms with E-state index in [1.807, 2.05) is 20.8 Å². The number of hydrogen-bond acceptors (Lipinski definition) is 2. The second kappa shape index (κ2) is 7.77. The molecular weight excluding hydrogens is 245 g/mol. The molecule has 1 saturated heterocycles. The second-order valence-electron chi connectivity index (χ2n) is 4.35. The van der Waals surface area contributed by atoms with Gasteiger partial charge in [0.15, 0.2) is 0 Å². The third-order valence-corrected chi connectivity index (χ3v) is 2.99. The van der Waals surface area contributed by atoms with Crippen molar-refractivity contribution in [3.8, 4) is 5.75 Å². The number of carbonyl (C=O) groups excluding carboxylic acids is 1. The van der Waals surface area contributed by atoms with Gasteiger partial charge >= 0.3 is 0 Å². The lowest BCUT2D eigenvalue weighted by Crippen LogP contribution is -2.39. The lowest BCUT2D eigenvalue weighted by atomic mass is 10.00. The molecule has 1 aliphatic rings. The Kier molecular flexibility index (Phi) is 6.33. The van der Waals surface area contributed by atoms with Crippen LogP contribution in [0.25, 0.3) is 0 Å². The first kappa shape index (κ1) is 15.5. The molecule has 3 nitrogen and oxygen atoms in total. The summed E-state index contributed by atoms with van der Waals surface area (Å²) in [4.78, 5) is 11.5. The van der Waals surface area contributed by atoms with Crippen molar-refractivity contribution in [1.82, 2.24) is 5.32 Å². The lowest BCUT2D eigenvalue weighted by Gasteiger charge is -2.22. The van der Waals surface area contributed by atoms with Crippen LogP contribution in [0.15, 0.2) is 18.2 Å². The van der Waals surface area contributed by atoms with Crippen molar-refractivity contribution in [2.75, 3.05) is 13.2 Å². The Morgan fingerprint density at radius 3 is 2.84 bits per heavy atom. The van der Waals surface area contributed by atoms with Gasteiger partial charge in [0.05, 0.1) is 12.5 Å². The van der Waals surface area contributed by atoms with Crippen LogP contribution in [0.4, 0.5) is 4.39 Å². The number of ether oxygens (including phenoxy) is 1. The van der Waals surface area contributed by atoms with E-state index in [2.05, 4.69) is 5.32 Å². The quantitative estimate of drug-likeness (QED) is 0.914. The molecule has 1 N–H and O–H groups in total. The standard InChI is InChI=1S/C13H16FNO2.C2H6/c1-9-4-5-11(14)7-12(9)17-8-10-3-2-6-15-13(10)16;1-2/h4-5,7,10H,2-3,6,8H2,1H3,(H,15,16);1-2H3. The van der Waals surface area contributed by atoms with Gasteiger partial charge in [0.1, 0.15) is 11.6 Å². The molecule has 2 rings (SSSR count). The molecule has 1 amide bonds. The van der Waals surface area contributed by atoms with E-state index in [4.69, 9.17) is 4.74 Å². The number of nitrogens with one attached hydrogen (secondary N) is 1. The van der Waals surface area contributed by atoms with Gasteiger partial charge in [0.2, 0.25) is 5.91 Å². The Morgan fingerprint density at radius 2 is 2.16 bits per heavy atom. The predicted molar refractivity (Wildman–Crippen MR) is 73.7 cm³/mol. The first-order valence-electron chi connectivity index (χ1n) is 6.83. The highest BCUT2D eigenvalue weighted by molar-refractivity contribution is 5.79. The molecule has 1 atom stereocenters. The van der Waals surface area contributed by atoms with Gasteiger partial charge in [0, 0.05) is 12.6 Å². The van der Waals surface area contributed by atoms with E-state index < -0.39 is 0 Å². The van der Waals surface area contributed by atoms with Crippen LogP contribution >= 0.6 is 0 Å². The van der Waals surface area contributed by atoms with Gasteiger partial charge < -0.3 is 10.1 Å². The van der Waals surface area contributed by atoms with E-state index in [1.165, 1.54) is 12.1 Å². The van der Waals surface area contributed by atoms with Crippen molar-refractivity contribution < 1.29 is 13.9 Å². The molecule has 0 aromatic heterocycles. The average molecular weight is 267 g/mol. The van der Waals surface area contributed by atoms with Gasteiger partial charge in [0.25, 0.3) is 0 Å². The molecule has 19 heavy (non-hydrogen) atoms. The number of piperidine rings is 1. The van der Waals surface area contributed by atoms with E-state index in [1.54, 1.807) is 6.07 Å². The third-order valence-electron chi connectivity index (χ3n) is 2.99. The molecule has 1 unspecified atom stereocenters. The van der Waals surface area contributed by atoms with Gasteiger partial charge in [-0.05, 0) is 31.4 Å². The normalized spacial score (nSPS) is 18.1. The molecule has 0 saturated carbocycles. The molecule has 1 aliphatic heterocycles. The van der Waals surface area contributed by atoms with Crippen molar-refractivity contribution in [3.05, 3.63) is 29.6 Å². The first-order valence-corrected chi connectivity index (χ1v) is 6.83. The zero-order valence-corrected chi connectivity index (χ0v) is 11.8. The van der Waals surface area contributed by atoms with Gasteiger partial charge in [-0.2, -0.15) is 0 Å². The number of carbonyl (C=O) groups is 1. The van der Waals surface area contributed by atoms with Gasteiger partial charge in [-0.3, -0.25) is 4.79 Å². The van der Waals surface area contributed by atoms with Gasteiger partial charge in [-0.1, -0.05) is 19.9 Å². The number of hydrogen-bond donors (Lipinski definition) is 1. The number of amides is 1. The fraction of sp³-hybridized carbons (Fsp3) is 0.533. The van der Waals surface area contributed by atoms with E-state index in [0.717, 1.165) is 24.9 Å². The highest BCUT2D eigenvalue weighted by Crippen LogP contribution is 2.21. The third kappa shape index (κ3) is 4.54. The zero-order chi connectivity index (χ0) is 14.3. The van der Waals surface area contributed by atoms with E-state index in [9.17, 15) is 9.18 Å². The monoisotopic (exact) mass is 267 g/mol. The van der Waals surface area contributed by atoms with Crippen molar-refractivity contribution >= 4 is 5.91 Å². The van der Waals surface area contributed by atoms with Crippen LogP contribution < -0.4 is 10.1 Å². The van der Waals surface area contributed by atoms with E-state index in [0.29, 0.717) is 12.4 Å². The molecule has 0 aliphatic carbocycles. The van der Waals surface area contributed by atoms with E-state index >= 15 is 0 Å². The minimum atomic E-state index is -0.321. The van der Waals surface area contributed by atoms with Crippen LogP contribution in [0.2, 0.25) is 0 Å². The second-order valence-corrected chi connectivity index (χ2v) is 4.35. The van der Waals surface area contributed by atoms with Crippen LogP contribution in [0.3, 0.4) is 0 Å². The highest BCUT2D eigenvalue weighted by Gasteiger charge is 2.22. The predicted octanol–water partition coefficient (Wildman–Crippen LogP) is 3.07. The zero-order valence-electron chi connectivity index (χ0n) is 11.8. The summed E-state index contributed by atoms with van der Waals surface area (Å²) in [5.74, 6) is 0.110. The molecule has 106 valence electrons. The molecule has 0 bridgehead atoms. The number of halogens is 1. The van der Waals surface area contributed by atoms with Gasteiger partial charge in [-0.25, -0.2) is 4.39 Å². The van der Waals surface area contributed by atoms with Crippen molar-refractivity contribution in [3.63, 3.8) is 0 Å². The maximum absolute atomic E-state index is 13.0. The largest absolute Gasteiger partial charge is 0.492 e. The molecule has 1 aromatic carbocycles. The summed E-state index contributed by atoms with van der Waals surface area (Å²) in [6.07, 6.45) is 1.81. The Hall–Kier alpha value is -1.58. The van der Waals surface area contributed by atoms with Gasteiger partial charge in [-0.15, -0.1) is 0 Å². The Labute approximate surface area is 114 Å². The lowest BCUT2D eigenvalue weighted by molar-refractivity contribution is -0.127. The summed E-state index contributed by atoms with van der Waals surface area (Å²) >= 11 is 0. The molecule has 4 heteroatoms. The molecule has 1 aromatic rings. The molecular formula is C15H22FNO2. The maximum Gasteiger partial charge on any atom is 0.226 e. The first-order chi connectivity index (χ1) is 9.16. The van der Waals surface area contributed by atoms with Crippen LogP contribution in [0.5, 0.6) is 5.75 Å². The minimum absolute atomic E-state index is 0.0327. The van der Waals surface area contributed by atoms with Crippen LogP contribution in [-0.2, 0) is 4.79 Å². The topological polar surface area (TPSA) is 38.3 Å². The Bertz CT molecular complexity index is 421. The molecule has 1 fully saturated rings. The number of benzene rings is 1. The molecule has 0 spiro atoms. The summed E-state index contributed by atoms with van der Waals surface area (Å²) in [5, 5.41) is 2.80. The summed E-state index contributed by atoms with van der Waals surface area (Å²) in [5.41, 5.74) is 0.877. The molecule has 0 radical (unpaired) electrons. The van der Waals surface area contributed by atoms with Crippen LogP contribution in [0.1, 0.15) is 32.3 Å². The average Bonchev–Trinajstić information content (AvgIpc) is 2.44.